The van der Waals surface area contributed by atoms with E-state index in [1.807, 2.05) is 11.4 Å². The van der Waals surface area contributed by atoms with Gasteiger partial charge in [-0.25, -0.2) is 0 Å². The average Bonchev–Trinajstić information content (AvgIpc) is 2.70. The van der Waals surface area contributed by atoms with E-state index in [1.54, 1.807) is 11.3 Å². The fourth-order valence-electron chi connectivity index (χ4n) is 3.31. The van der Waals surface area contributed by atoms with Crippen molar-refractivity contribution < 1.29 is 4.79 Å². The predicted molar refractivity (Wildman–Crippen MR) is 84.0 cm³/mol. The van der Waals surface area contributed by atoms with E-state index in [1.165, 1.54) is 0 Å². The molecule has 4 nitrogen and oxygen atoms in total. The van der Waals surface area contributed by atoms with Gasteiger partial charge in [0, 0.05) is 33.9 Å². The van der Waals surface area contributed by atoms with Crippen molar-refractivity contribution in [2.24, 2.45) is 5.73 Å². The van der Waals surface area contributed by atoms with Crippen molar-refractivity contribution in [3.05, 3.63) is 21.9 Å². The lowest BCUT2D eigenvalue weighted by Gasteiger charge is -2.46. The second kappa shape index (κ2) is 5.47. The molecule has 2 heterocycles. The van der Waals surface area contributed by atoms with Gasteiger partial charge in [0.25, 0.3) is 0 Å². The molecular weight excluding hydrogens is 270 g/mol. The van der Waals surface area contributed by atoms with Crippen molar-refractivity contribution in [3.63, 3.8) is 0 Å². The molecule has 1 aromatic heterocycles. The van der Waals surface area contributed by atoms with Crippen LogP contribution in [0.4, 0.5) is 0 Å². The van der Waals surface area contributed by atoms with Crippen LogP contribution in [-0.2, 0) is 6.54 Å². The van der Waals surface area contributed by atoms with E-state index in [0.29, 0.717) is 11.6 Å². The molecule has 0 saturated carbocycles. The minimum Gasteiger partial charge on any atom is -0.366 e. The summed E-state index contributed by atoms with van der Waals surface area (Å²) >= 11 is 1.59. The van der Waals surface area contributed by atoms with Gasteiger partial charge in [-0.2, -0.15) is 0 Å². The monoisotopic (exact) mass is 295 g/mol. The van der Waals surface area contributed by atoms with E-state index >= 15 is 0 Å². The molecule has 4 N–H and O–H groups in total. The van der Waals surface area contributed by atoms with E-state index < -0.39 is 0 Å². The van der Waals surface area contributed by atoms with Crippen LogP contribution in [0.1, 0.15) is 55.8 Å². The molecule has 0 atom stereocenters. The van der Waals surface area contributed by atoms with Gasteiger partial charge >= 0.3 is 0 Å². The first kappa shape index (κ1) is 15.5. The highest BCUT2D eigenvalue weighted by atomic mass is 32.1. The van der Waals surface area contributed by atoms with Gasteiger partial charge in [-0.3, -0.25) is 4.79 Å². The smallest absolute Gasteiger partial charge is 0.249 e. The molecule has 0 spiro atoms. The van der Waals surface area contributed by atoms with Crippen LogP contribution in [0.25, 0.3) is 0 Å². The number of nitrogens with one attached hydrogen (secondary N) is 2. The van der Waals surface area contributed by atoms with Crippen molar-refractivity contribution in [1.82, 2.24) is 10.6 Å². The third-order valence-corrected chi connectivity index (χ3v) is 4.63. The van der Waals surface area contributed by atoms with Gasteiger partial charge in [0.05, 0.1) is 5.56 Å². The van der Waals surface area contributed by atoms with Gasteiger partial charge in [0.2, 0.25) is 5.91 Å². The van der Waals surface area contributed by atoms with E-state index in [9.17, 15) is 4.79 Å². The number of piperidine rings is 1. The maximum atomic E-state index is 11.1. The third kappa shape index (κ3) is 4.04. The van der Waals surface area contributed by atoms with Crippen LogP contribution in [0.5, 0.6) is 0 Å². The number of primary amides is 1. The molecule has 2 rings (SSSR count). The number of hydrogen-bond acceptors (Lipinski definition) is 4. The molecule has 1 saturated heterocycles. The summed E-state index contributed by atoms with van der Waals surface area (Å²) in [6, 6.07) is 2.37. The topological polar surface area (TPSA) is 67.1 Å². The molecule has 0 bridgehead atoms. The summed E-state index contributed by atoms with van der Waals surface area (Å²) in [6.07, 6.45) is 2.20. The second-order valence-corrected chi connectivity index (χ2v) is 8.04. The fraction of sp³-hybridized carbons (Fsp3) is 0.667. The minimum absolute atomic E-state index is 0.146. The van der Waals surface area contributed by atoms with Crippen molar-refractivity contribution in [1.29, 1.82) is 0 Å². The van der Waals surface area contributed by atoms with Crippen LogP contribution in [-0.4, -0.2) is 23.0 Å². The van der Waals surface area contributed by atoms with Gasteiger partial charge in [-0.1, -0.05) is 0 Å². The van der Waals surface area contributed by atoms with Crippen molar-refractivity contribution in [3.8, 4) is 0 Å². The molecule has 20 heavy (non-hydrogen) atoms. The predicted octanol–water partition coefficient (Wildman–Crippen LogP) is 2.25. The maximum absolute atomic E-state index is 11.1. The standard InChI is InChI=1S/C15H25N3OS/c1-14(2)6-11(7-15(3,4)18-14)17-8-12-5-10(9-20-12)13(16)19/h5,9,11,17-18H,6-8H2,1-4H3,(H2,16,19). The summed E-state index contributed by atoms with van der Waals surface area (Å²) in [5.74, 6) is -0.350. The zero-order valence-corrected chi connectivity index (χ0v) is 13.6. The van der Waals surface area contributed by atoms with Crippen LogP contribution < -0.4 is 16.4 Å². The lowest BCUT2D eigenvalue weighted by Crippen LogP contribution is -2.61. The lowest BCUT2D eigenvalue weighted by molar-refractivity contribution is 0.100. The molecule has 0 radical (unpaired) electrons. The Morgan fingerprint density at radius 2 is 2.00 bits per heavy atom. The summed E-state index contributed by atoms with van der Waals surface area (Å²) in [6.45, 7) is 9.80. The van der Waals surface area contributed by atoms with Gasteiger partial charge in [-0.15, -0.1) is 11.3 Å². The number of hydrogen-bond donors (Lipinski definition) is 3. The summed E-state index contributed by atoms with van der Waals surface area (Å²) < 4.78 is 0. The lowest BCUT2D eigenvalue weighted by atomic mass is 9.79. The van der Waals surface area contributed by atoms with E-state index in [-0.39, 0.29) is 17.0 Å². The Morgan fingerprint density at radius 3 is 2.50 bits per heavy atom. The van der Waals surface area contributed by atoms with Gasteiger partial charge in [0.15, 0.2) is 0 Å². The Kier molecular flexibility index (Phi) is 4.23. The van der Waals surface area contributed by atoms with E-state index in [4.69, 9.17) is 5.73 Å². The highest BCUT2D eigenvalue weighted by Crippen LogP contribution is 2.28. The van der Waals surface area contributed by atoms with Crippen molar-refractivity contribution in [2.75, 3.05) is 0 Å². The van der Waals surface area contributed by atoms with Crippen LogP contribution >= 0.6 is 11.3 Å². The summed E-state index contributed by atoms with van der Waals surface area (Å²) in [5.41, 5.74) is 6.18. The van der Waals surface area contributed by atoms with Gasteiger partial charge < -0.3 is 16.4 Å². The zero-order chi connectivity index (χ0) is 15.0. The zero-order valence-electron chi connectivity index (χ0n) is 12.7. The molecule has 1 fully saturated rings. The average molecular weight is 295 g/mol. The quantitative estimate of drug-likeness (QED) is 0.798. The Bertz CT molecular complexity index is 477. The first-order valence-electron chi connectivity index (χ1n) is 7.07. The Hall–Kier alpha value is -0.910. The largest absolute Gasteiger partial charge is 0.366 e. The number of thiophene rings is 1. The summed E-state index contributed by atoms with van der Waals surface area (Å²) in [5, 5.41) is 9.13. The fourth-order valence-corrected chi connectivity index (χ4v) is 4.14. The second-order valence-electron chi connectivity index (χ2n) is 7.04. The molecule has 0 aliphatic carbocycles. The van der Waals surface area contributed by atoms with Crippen LogP contribution in [0.2, 0.25) is 0 Å². The van der Waals surface area contributed by atoms with E-state index in [0.717, 1.165) is 24.3 Å². The molecule has 5 heteroatoms. The van der Waals surface area contributed by atoms with Crippen molar-refractivity contribution in [2.45, 2.75) is 64.2 Å². The molecule has 0 aromatic carbocycles. The van der Waals surface area contributed by atoms with Gasteiger partial charge in [-0.05, 0) is 46.6 Å². The first-order valence-corrected chi connectivity index (χ1v) is 7.95. The third-order valence-electron chi connectivity index (χ3n) is 3.69. The van der Waals surface area contributed by atoms with E-state index in [2.05, 4.69) is 38.3 Å². The maximum Gasteiger partial charge on any atom is 0.249 e. The molecule has 112 valence electrons. The van der Waals surface area contributed by atoms with Gasteiger partial charge in [0.1, 0.15) is 0 Å². The Morgan fingerprint density at radius 1 is 1.40 bits per heavy atom. The number of nitrogens with two attached hydrogens (primary N) is 1. The molecule has 1 aromatic rings. The summed E-state index contributed by atoms with van der Waals surface area (Å²) in [7, 11) is 0. The van der Waals surface area contributed by atoms with Crippen LogP contribution in [0.15, 0.2) is 11.4 Å². The molecule has 1 aliphatic heterocycles. The molecule has 1 amide bonds. The highest BCUT2D eigenvalue weighted by Gasteiger charge is 2.37. The number of carbonyl (C=O) groups is 1. The molecule has 0 unspecified atom stereocenters. The Balaban J connectivity index is 1.94. The Labute approximate surface area is 125 Å². The molecular formula is C15H25N3OS. The summed E-state index contributed by atoms with van der Waals surface area (Å²) in [4.78, 5) is 12.3. The number of carbonyl (C=O) groups excluding carboxylic acids is 1. The van der Waals surface area contributed by atoms with Crippen LogP contribution in [0.3, 0.4) is 0 Å². The SMILES string of the molecule is CC1(C)CC(NCc2cc(C(N)=O)cs2)CC(C)(C)N1. The highest BCUT2D eigenvalue weighted by molar-refractivity contribution is 7.10. The number of amides is 1. The normalized spacial score (nSPS) is 21.8. The van der Waals surface area contributed by atoms with Crippen molar-refractivity contribution >= 4 is 17.2 Å². The first-order chi connectivity index (χ1) is 9.17. The minimum atomic E-state index is -0.350. The number of rotatable bonds is 4. The molecule has 1 aliphatic rings. The van der Waals surface area contributed by atoms with Crippen LogP contribution in [0, 0.1) is 0 Å².